The van der Waals surface area contributed by atoms with E-state index in [1.54, 1.807) is 35.1 Å². The van der Waals surface area contributed by atoms with Crippen molar-refractivity contribution in [2.45, 2.75) is 12.8 Å². The third-order valence-electron chi connectivity index (χ3n) is 5.53. The van der Waals surface area contributed by atoms with E-state index in [9.17, 15) is 18.4 Å². The molecule has 2 aromatic heterocycles. The Bertz CT molecular complexity index is 1360. The van der Waals surface area contributed by atoms with E-state index in [0.717, 1.165) is 6.07 Å². The van der Waals surface area contributed by atoms with Crippen LogP contribution < -0.4 is 15.4 Å². The van der Waals surface area contributed by atoms with Gasteiger partial charge >= 0.3 is 0 Å². The van der Waals surface area contributed by atoms with Crippen molar-refractivity contribution in [1.82, 2.24) is 9.61 Å². The number of hydrogen-bond acceptors (Lipinski definition) is 4. The summed E-state index contributed by atoms with van der Waals surface area (Å²) in [7, 11) is 0. The summed E-state index contributed by atoms with van der Waals surface area (Å²) in [5, 5.41) is 9.35. The highest BCUT2D eigenvalue weighted by Gasteiger charge is 2.56. The van der Waals surface area contributed by atoms with E-state index in [2.05, 4.69) is 15.7 Å². The molecule has 33 heavy (non-hydrogen) atoms. The van der Waals surface area contributed by atoms with Crippen LogP contribution in [0.3, 0.4) is 0 Å². The lowest BCUT2D eigenvalue weighted by atomic mass is 10.0. The van der Waals surface area contributed by atoms with Crippen molar-refractivity contribution in [3.8, 4) is 11.5 Å². The molecule has 2 N–H and O–H groups in total. The minimum atomic E-state index is -1.24. The number of carbonyl (C=O) groups excluding carboxylic acids is 2. The van der Waals surface area contributed by atoms with Gasteiger partial charge in [-0.25, -0.2) is 13.3 Å². The molecule has 0 atom stereocenters. The zero-order valence-electron chi connectivity index (χ0n) is 17.2. The van der Waals surface area contributed by atoms with E-state index in [1.165, 1.54) is 36.4 Å². The maximum absolute atomic E-state index is 14.7. The van der Waals surface area contributed by atoms with Crippen LogP contribution in [0.4, 0.5) is 20.2 Å². The zero-order chi connectivity index (χ0) is 23.0. The Kier molecular flexibility index (Phi) is 5.01. The molecule has 7 nitrogen and oxygen atoms in total. The Morgan fingerprint density at radius 3 is 2.30 bits per heavy atom. The van der Waals surface area contributed by atoms with E-state index in [0.29, 0.717) is 29.8 Å². The number of nitrogens with zero attached hydrogens (tertiary/aromatic N) is 2. The average Bonchev–Trinajstić information content (AvgIpc) is 3.48. The monoisotopic (exact) mass is 448 g/mol. The molecule has 2 heterocycles. The maximum atomic E-state index is 14.7. The molecule has 0 aliphatic heterocycles. The molecule has 0 saturated heterocycles. The predicted molar refractivity (Wildman–Crippen MR) is 117 cm³/mol. The van der Waals surface area contributed by atoms with Crippen LogP contribution in [0.2, 0.25) is 0 Å². The van der Waals surface area contributed by atoms with E-state index < -0.39 is 28.9 Å². The fraction of sp³-hybridized carbons (Fsp3) is 0.125. The Labute approximate surface area is 187 Å². The fourth-order valence-electron chi connectivity index (χ4n) is 3.51. The van der Waals surface area contributed by atoms with Gasteiger partial charge in [-0.2, -0.15) is 5.10 Å². The number of benzene rings is 2. The summed E-state index contributed by atoms with van der Waals surface area (Å²) in [6, 6.07) is 14.5. The van der Waals surface area contributed by atoms with Gasteiger partial charge < -0.3 is 15.4 Å². The standard InChI is InChI=1S/C24H18F2N4O3/c25-15-3-5-16(6-4-15)28-22(31)24(10-11-24)23(32)29-17-7-8-20(18(26)14-17)33-21-2-1-13-30-19(21)9-12-27-30/h1-9,12-14H,10-11H2,(H,28,31)(H,29,32). The number of halogens is 2. The van der Waals surface area contributed by atoms with Crippen LogP contribution in [0.15, 0.2) is 73.1 Å². The van der Waals surface area contributed by atoms with Gasteiger partial charge in [-0.05, 0) is 67.4 Å². The van der Waals surface area contributed by atoms with Gasteiger partial charge in [0, 0.05) is 23.6 Å². The van der Waals surface area contributed by atoms with Gasteiger partial charge in [0.15, 0.2) is 17.3 Å². The minimum absolute atomic E-state index is 0.0162. The largest absolute Gasteiger partial charge is 0.452 e. The number of pyridine rings is 1. The molecular weight excluding hydrogens is 430 g/mol. The normalized spacial score (nSPS) is 14.0. The van der Waals surface area contributed by atoms with E-state index in [-0.39, 0.29) is 11.4 Å². The lowest BCUT2D eigenvalue weighted by Gasteiger charge is -2.16. The minimum Gasteiger partial charge on any atom is -0.452 e. The Hall–Kier alpha value is -4.27. The van der Waals surface area contributed by atoms with Gasteiger partial charge in [-0.1, -0.05) is 0 Å². The summed E-state index contributed by atoms with van der Waals surface area (Å²) >= 11 is 0. The van der Waals surface area contributed by atoms with Gasteiger partial charge in [0.2, 0.25) is 11.8 Å². The summed E-state index contributed by atoms with van der Waals surface area (Å²) in [4.78, 5) is 25.4. The first-order valence-corrected chi connectivity index (χ1v) is 10.2. The van der Waals surface area contributed by atoms with Crippen molar-refractivity contribution in [2.75, 3.05) is 10.6 Å². The molecule has 2 aromatic carbocycles. The van der Waals surface area contributed by atoms with Gasteiger partial charge in [-0.3, -0.25) is 9.59 Å². The molecule has 5 rings (SSSR count). The van der Waals surface area contributed by atoms with Crippen molar-refractivity contribution in [2.24, 2.45) is 5.41 Å². The van der Waals surface area contributed by atoms with Crippen LogP contribution in [0, 0.1) is 17.0 Å². The van der Waals surface area contributed by atoms with Crippen molar-refractivity contribution in [1.29, 1.82) is 0 Å². The summed E-state index contributed by atoms with van der Waals surface area (Å²) < 4.78 is 35.1. The van der Waals surface area contributed by atoms with Crippen LogP contribution >= 0.6 is 0 Å². The first-order valence-electron chi connectivity index (χ1n) is 10.2. The molecule has 0 spiro atoms. The Morgan fingerprint density at radius 2 is 1.61 bits per heavy atom. The zero-order valence-corrected chi connectivity index (χ0v) is 17.2. The second kappa shape index (κ2) is 8.01. The van der Waals surface area contributed by atoms with Crippen LogP contribution in [0.1, 0.15) is 12.8 Å². The smallest absolute Gasteiger partial charge is 0.240 e. The molecule has 1 aliphatic carbocycles. The summed E-state index contributed by atoms with van der Waals surface area (Å²) in [5.41, 5.74) is 0.0316. The average molecular weight is 448 g/mol. The Morgan fingerprint density at radius 1 is 0.909 bits per heavy atom. The van der Waals surface area contributed by atoms with Gasteiger partial charge in [0.05, 0.1) is 6.20 Å². The second-order valence-electron chi connectivity index (χ2n) is 7.78. The number of amides is 2. The molecule has 9 heteroatoms. The summed E-state index contributed by atoms with van der Waals surface area (Å²) in [6.45, 7) is 0. The number of rotatable bonds is 6. The molecule has 0 bridgehead atoms. The molecule has 0 unspecified atom stereocenters. The second-order valence-corrected chi connectivity index (χ2v) is 7.78. The topological polar surface area (TPSA) is 84.7 Å². The quantitative estimate of drug-likeness (QED) is 0.417. The summed E-state index contributed by atoms with van der Waals surface area (Å²) in [6.07, 6.45) is 4.09. The lowest BCUT2D eigenvalue weighted by molar-refractivity contribution is -0.131. The number of aromatic nitrogens is 2. The maximum Gasteiger partial charge on any atom is 0.240 e. The third-order valence-corrected chi connectivity index (χ3v) is 5.53. The van der Waals surface area contributed by atoms with Gasteiger partial charge in [0.1, 0.15) is 16.7 Å². The highest BCUT2D eigenvalue weighted by Crippen LogP contribution is 2.47. The van der Waals surface area contributed by atoms with Crippen LogP contribution in [0.25, 0.3) is 5.52 Å². The molecule has 1 fully saturated rings. The van der Waals surface area contributed by atoms with Gasteiger partial charge in [0.25, 0.3) is 0 Å². The number of fused-ring (bicyclic) bond motifs is 1. The van der Waals surface area contributed by atoms with Crippen molar-refractivity contribution in [3.05, 3.63) is 84.7 Å². The molecule has 166 valence electrons. The molecule has 4 aromatic rings. The number of anilines is 2. The van der Waals surface area contributed by atoms with Crippen LogP contribution in [-0.4, -0.2) is 21.4 Å². The lowest BCUT2D eigenvalue weighted by Crippen LogP contribution is -2.35. The first kappa shape index (κ1) is 20.6. The number of carbonyl (C=O) groups is 2. The van der Waals surface area contributed by atoms with E-state index in [4.69, 9.17) is 4.74 Å². The fourth-order valence-corrected chi connectivity index (χ4v) is 3.51. The molecule has 1 aliphatic rings. The molecule has 0 radical (unpaired) electrons. The van der Waals surface area contributed by atoms with Crippen molar-refractivity contribution >= 4 is 28.7 Å². The molecular formula is C24H18F2N4O3. The molecule has 1 saturated carbocycles. The van der Waals surface area contributed by atoms with Crippen molar-refractivity contribution < 1.29 is 23.1 Å². The SMILES string of the molecule is O=C(Nc1ccc(F)cc1)C1(C(=O)Nc2ccc(Oc3cccn4nccc34)c(F)c2)CC1. The highest BCUT2D eigenvalue weighted by molar-refractivity contribution is 6.16. The van der Waals surface area contributed by atoms with E-state index in [1.807, 2.05) is 0 Å². The summed E-state index contributed by atoms with van der Waals surface area (Å²) in [5.74, 6) is -1.70. The van der Waals surface area contributed by atoms with E-state index >= 15 is 0 Å². The first-order chi connectivity index (χ1) is 15.9. The highest BCUT2D eigenvalue weighted by atomic mass is 19.1. The third kappa shape index (κ3) is 4.00. The number of ether oxygens (including phenoxy) is 1. The Balaban J connectivity index is 1.28. The van der Waals surface area contributed by atoms with Gasteiger partial charge in [-0.15, -0.1) is 0 Å². The van der Waals surface area contributed by atoms with Crippen LogP contribution in [-0.2, 0) is 9.59 Å². The number of nitrogens with one attached hydrogen (secondary N) is 2. The van der Waals surface area contributed by atoms with Crippen molar-refractivity contribution in [3.63, 3.8) is 0 Å². The molecule has 2 amide bonds. The predicted octanol–water partition coefficient (Wildman–Crippen LogP) is 4.76. The number of hydrogen-bond donors (Lipinski definition) is 2. The van der Waals surface area contributed by atoms with Crippen LogP contribution in [0.5, 0.6) is 11.5 Å².